The lowest BCUT2D eigenvalue weighted by Crippen LogP contribution is -2.16. The Bertz CT molecular complexity index is 921. The number of amides is 1. The van der Waals surface area contributed by atoms with Crippen LogP contribution in [0.3, 0.4) is 0 Å². The summed E-state index contributed by atoms with van der Waals surface area (Å²) in [5.74, 6) is -0.163. The highest BCUT2D eigenvalue weighted by Gasteiger charge is 2.15. The van der Waals surface area contributed by atoms with Crippen molar-refractivity contribution in [3.63, 3.8) is 0 Å². The molecule has 0 atom stereocenters. The number of thiophene rings is 1. The molecule has 0 bridgehead atoms. The maximum atomic E-state index is 12.4. The summed E-state index contributed by atoms with van der Waals surface area (Å²) in [6, 6.07) is 12.0. The molecule has 3 rings (SSSR count). The Morgan fingerprint density at radius 2 is 1.96 bits per heavy atom. The minimum absolute atomic E-state index is 0.163. The monoisotopic (exact) mass is 434 g/mol. The van der Waals surface area contributed by atoms with E-state index in [0.29, 0.717) is 4.88 Å². The van der Waals surface area contributed by atoms with Crippen molar-refractivity contribution < 1.29 is 4.79 Å². The molecule has 0 unspecified atom stereocenters. The zero-order chi connectivity index (χ0) is 17.8. The van der Waals surface area contributed by atoms with E-state index in [-0.39, 0.29) is 5.91 Å². The SMILES string of the molecule is CCCc1sc(=NC(=O)c2cccs2)n(CC)c1-c1ccc(Br)cc1. The molecule has 2 aromatic heterocycles. The van der Waals surface area contributed by atoms with Crippen molar-refractivity contribution in [3.8, 4) is 11.3 Å². The van der Waals surface area contributed by atoms with Gasteiger partial charge in [-0.3, -0.25) is 4.79 Å². The number of hydrogen-bond acceptors (Lipinski definition) is 3. The first kappa shape index (κ1) is 18.3. The van der Waals surface area contributed by atoms with Gasteiger partial charge in [0.2, 0.25) is 0 Å². The molecule has 1 aromatic carbocycles. The molecule has 3 nitrogen and oxygen atoms in total. The van der Waals surface area contributed by atoms with Gasteiger partial charge >= 0.3 is 0 Å². The zero-order valence-electron chi connectivity index (χ0n) is 14.2. The number of aryl methyl sites for hydroxylation is 1. The third-order valence-corrected chi connectivity index (χ3v) is 6.34. The van der Waals surface area contributed by atoms with Gasteiger partial charge in [-0.2, -0.15) is 4.99 Å². The molecule has 0 saturated carbocycles. The Labute approximate surface area is 163 Å². The molecule has 0 aliphatic heterocycles. The minimum atomic E-state index is -0.163. The summed E-state index contributed by atoms with van der Waals surface area (Å²) in [5.41, 5.74) is 2.34. The number of thiazole rings is 1. The van der Waals surface area contributed by atoms with E-state index in [4.69, 9.17) is 0 Å². The Morgan fingerprint density at radius 3 is 2.56 bits per heavy atom. The van der Waals surface area contributed by atoms with Gasteiger partial charge in [0.25, 0.3) is 5.91 Å². The largest absolute Gasteiger partial charge is 0.316 e. The van der Waals surface area contributed by atoms with Crippen molar-refractivity contribution >= 4 is 44.5 Å². The summed E-state index contributed by atoms with van der Waals surface area (Å²) in [6.07, 6.45) is 2.05. The first-order valence-corrected chi connectivity index (χ1v) is 10.7. The van der Waals surface area contributed by atoms with Crippen molar-refractivity contribution in [1.82, 2.24) is 4.57 Å². The molecule has 0 aliphatic carbocycles. The fourth-order valence-electron chi connectivity index (χ4n) is 2.70. The molecule has 130 valence electrons. The van der Waals surface area contributed by atoms with Gasteiger partial charge in [-0.1, -0.05) is 47.5 Å². The van der Waals surface area contributed by atoms with Crippen molar-refractivity contribution in [2.45, 2.75) is 33.2 Å². The number of aromatic nitrogens is 1. The summed E-state index contributed by atoms with van der Waals surface area (Å²) < 4.78 is 3.22. The van der Waals surface area contributed by atoms with Crippen LogP contribution in [-0.2, 0) is 13.0 Å². The lowest BCUT2D eigenvalue weighted by Gasteiger charge is -2.09. The lowest BCUT2D eigenvalue weighted by atomic mass is 10.1. The van der Waals surface area contributed by atoms with Gasteiger partial charge in [0.05, 0.1) is 10.6 Å². The molecule has 0 spiro atoms. The number of hydrogen-bond donors (Lipinski definition) is 0. The number of halogens is 1. The summed E-state index contributed by atoms with van der Waals surface area (Å²) >= 11 is 6.55. The van der Waals surface area contributed by atoms with Crippen LogP contribution >= 0.6 is 38.6 Å². The first-order chi connectivity index (χ1) is 12.1. The summed E-state index contributed by atoms with van der Waals surface area (Å²) in [7, 11) is 0. The van der Waals surface area contributed by atoms with Gasteiger partial charge in [0.15, 0.2) is 4.80 Å². The molecule has 0 radical (unpaired) electrons. The number of rotatable bonds is 5. The van der Waals surface area contributed by atoms with Gasteiger partial charge < -0.3 is 4.57 Å². The molecule has 1 amide bonds. The summed E-state index contributed by atoms with van der Waals surface area (Å²) in [6.45, 7) is 5.05. The lowest BCUT2D eigenvalue weighted by molar-refractivity contribution is 0.100. The fraction of sp³-hybridized carbons (Fsp3) is 0.263. The van der Waals surface area contributed by atoms with Crippen LogP contribution in [0.4, 0.5) is 0 Å². The quantitative estimate of drug-likeness (QED) is 0.502. The third-order valence-electron chi connectivity index (χ3n) is 3.82. The van der Waals surface area contributed by atoms with Crippen molar-refractivity contribution in [3.05, 3.63) is 60.8 Å². The number of nitrogens with zero attached hydrogens (tertiary/aromatic N) is 2. The van der Waals surface area contributed by atoms with Gasteiger partial charge in [-0.15, -0.1) is 22.7 Å². The number of benzene rings is 1. The average Bonchev–Trinajstić information content (AvgIpc) is 3.24. The van der Waals surface area contributed by atoms with Crippen LogP contribution in [0.1, 0.15) is 34.8 Å². The van der Waals surface area contributed by atoms with E-state index in [9.17, 15) is 4.79 Å². The highest BCUT2D eigenvalue weighted by Crippen LogP contribution is 2.28. The maximum Gasteiger partial charge on any atom is 0.289 e. The van der Waals surface area contributed by atoms with E-state index in [1.807, 2.05) is 17.5 Å². The second kappa shape index (κ2) is 8.25. The van der Waals surface area contributed by atoms with Crippen molar-refractivity contribution in [2.75, 3.05) is 0 Å². The predicted octanol–water partition coefficient (Wildman–Crippen LogP) is 5.75. The van der Waals surface area contributed by atoms with E-state index in [0.717, 1.165) is 34.2 Å². The van der Waals surface area contributed by atoms with Crippen LogP contribution in [0.2, 0.25) is 0 Å². The molecular formula is C19H19BrN2OS2. The van der Waals surface area contributed by atoms with E-state index in [2.05, 4.69) is 63.6 Å². The van der Waals surface area contributed by atoms with Crippen molar-refractivity contribution in [1.29, 1.82) is 0 Å². The molecular weight excluding hydrogens is 416 g/mol. The van der Waals surface area contributed by atoms with E-state index in [1.165, 1.54) is 21.9 Å². The second-order valence-corrected chi connectivity index (χ2v) is 8.48. The standard InChI is InChI=1S/C19H19BrN2OS2/c1-3-6-15-17(13-8-10-14(20)11-9-13)22(4-2)19(25-15)21-18(23)16-7-5-12-24-16/h5,7-12H,3-4,6H2,1-2H3. The van der Waals surface area contributed by atoms with Crippen LogP contribution in [0, 0.1) is 0 Å². The van der Waals surface area contributed by atoms with Gasteiger partial charge in [-0.05, 0) is 42.5 Å². The van der Waals surface area contributed by atoms with Crippen LogP contribution in [0.25, 0.3) is 11.3 Å². The van der Waals surface area contributed by atoms with Gasteiger partial charge in [-0.25, -0.2) is 0 Å². The van der Waals surface area contributed by atoms with Crippen LogP contribution < -0.4 is 4.80 Å². The third kappa shape index (κ3) is 4.02. The highest BCUT2D eigenvalue weighted by atomic mass is 79.9. The second-order valence-electron chi connectivity index (χ2n) is 5.55. The molecule has 25 heavy (non-hydrogen) atoms. The Morgan fingerprint density at radius 1 is 1.20 bits per heavy atom. The van der Waals surface area contributed by atoms with E-state index in [1.54, 1.807) is 11.3 Å². The topological polar surface area (TPSA) is 34.4 Å². The van der Waals surface area contributed by atoms with Crippen molar-refractivity contribution in [2.24, 2.45) is 4.99 Å². The molecule has 3 aromatic rings. The van der Waals surface area contributed by atoms with E-state index < -0.39 is 0 Å². The zero-order valence-corrected chi connectivity index (χ0v) is 17.4. The maximum absolute atomic E-state index is 12.4. The smallest absolute Gasteiger partial charge is 0.289 e. The summed E-state index contributed by atoms with van der Waals surface area (Å²) in [5, 5.41) is 1.90. The Balaban J connectivity index is 2.15. The summed E-state index contributed by atoms with van der Waals surface area (Å²) in [4.78, 5) is 19.6. The van der Waals surface area contributed by atoms with Crippen LogP contribution in [0.5, 0.6) is 0 Å². The molecule has 0 N–H and O–H groups in total. The van der Waals surface area contributed by atoms with Crippen LogP contribution in [-0.4, -0.2) is 10.5 Å². The molecule has 0 fully saturated rings. The molecule has 0 aliphatic rings. The average molecular weight is 435 g/mol. The molecule has 2 heterocycles. The normalized spacial score (nSPS) is 11.9. The Kier molecular flexibility index (Phi) is 6.04. The molecule has 0 saturated heterocycles. The minimum Gasteiger partial charge on any atom is -0.316 e. The fourth-order valence-corrected chi connectivity index (χ4v) is 4.88. The Hall–Kier alpha value is -1.50. The number of carbonyl (C=O) groups is 1. The number of carbonyl (C=O) groups excluding carboxylic acids is 1. The van der Waals surface area contributed by atoms with Gasteiger partial charge in [0.1, 0.15) is 0 Å². The van der Waals surface area contributed by atoms with Gasteiger partial charge in [0, 0.05) is 15.9 Å². The van der Waals surface area contributed by atoms with Crippen LogP contribution in [0.15, 0.2) is 51.2 Å². The highest BCUT2D eigenvalue weighted by molar-refractivity contribution is 9.10. The van der Waals surface area contributed by atoms with E-state index >= 15 is 0 Å². The first-order valence-electron chi connectivity index (χ1n) is 8.25. The molecule has 6 heteroatoms. The predicted molar refractivity (Wildman–Crippen MR) is 109 cm³/mol.